The minimum Gasteiger partial charge on any atom is -0.393 e. The van der Waals surface area contributed by atoms with Crippen LogP contribution in [0.25, 0.3) is 0 Å². The number of hydrogen-bond donors (Lipinski definition) is 3. The SMILES string of the molecule is CCCCCC[C@H](O)[C@H]1CC[C@H]2[C@@H]3C[C@H](O)[C@H]4C[C@@H](O)CC[C@]4(C)[C@H]3CC[C@]12C. The fraction of sp³-hybridized carbons (Fsp3) is 1.00. The van der Waals surface area contributed by atoms with E-state index in [0.29, 0.717) is 23.7 Å². The molecule has 0 spiro atoms. The van der Waals surface area contributed by atoms with E-state index in [-0.39, 0.29) is 35.1 Å². The Hall–Kier alpha value is -0.120. The van der Waals surface area contributed by atoms with Crippen molar-refractivity contribution in [2.24, 2.45) is 40.4 Å². The topological polar surface area (TPSA) is 60.7 Å². The molecule has 0 amide bonds. The van der Waals surface area contributed by atoms with Crippen molar-refractivity contribution in [2.45, 2.75) is 123 Å². The molecule has 10 atom stereocenters. The van der Waals surface area contributed by atoms with Crippen LogP contribution in [0.4, 0.5) is 0 Å². The Morgan fingerprint density at radius 1 is 0.828 bits per heavy atom. The van der Waals surface area contributed by atoms with E-state index in [2.05, 4.69) is 20.8 Å². The van der Waals surface area contributed by atoms with Crippen LogP contribution in [-0.4, -0.2) is 33.6 Å². The summed E-state index contributed by atoms with van der Waals surface area (Å²) >= 11 is 0. The highest BCUT2D eigenvalue weighted by Crippen LogP contribution is 2.67. The first kappa shape index (κ1) is 22.1. The lowest BCUT2D eigenvalue weighted by Crippen LogP contribution is -2.58. The minimum absolute atomic E-state index is 0.139. The van der Waals surface area contributed by atoms with Gasteiger partial charge in [-0.2, -0.15) is 0 Å². The molecule has 0 aromatic carbocycles. The summed E-state index contributed by atoms with van der Waals surface area (Å²) in [7, 11) is 0. The molecule has 3 N–H and O–H groups in total. The average molecular weight is 407 g/mol. The molecule has 0 aromatic heterocycles. The van der Waals surface area contributed by atoms with Crippen LogP contribution >= 0.6 is 0 Å². The predicted octanol–water partition coefficient (Wildman–Crippen LogP) is 5.31. The second-order valence-corrected chi connectivity index (χ2v) is 11.9. The largest absolute Gasteiger partial charge is 0.393 e. The van der Waals surface area contributed by atoms with Gasteiger partial charge in [-0.25, -0.2) is 0 Å². The van der Waals surface area contributed by atoms with Gasteiger partial charge in [0.25, 0.3) is 0 Å². The van der Waals surface area contributed by atoms with Crippen molar-refractivity contribution in [1.29, 1.82) is 0 Å². The van der Waals surface area contributed by atoms with Gasteiger partial charge in [0.1, 0.15) is 0 Å². The molecule has 4 saturated carbocycles. The Kier molecular flexibility index (Phi) is 6.42. The normalized spacial score (nSPS) is 50.5. The quantitative estimate of drug-likeness (QED) is 0.524. The highest BCUT2D eigenvalue weighted by molar-refractivity contribution is 5.11. The van der Waals surface area contributed by atoms with E-state index in [4.69, 9.17) is 0 Å². The van der Waals surface area contributed by atoms with Crippen molar-refractivity contribution < 1.29 is 15.3 Å². The number of rotatable bonds is 6. The van der Waals surface area contributed by atoms with E-state index in [0.717, 1.165) is 32.1 Å². The lowest BCUT2D eigenvalue weighted by molar-refractivity contribution is -0.174. The first-order valence-corrected chi connectivity index (χ1v) is 12.9. The van der Waals surface area contributed by atoms with E-state index >= 15 is 0 Å². The molecule has 3 nitrogen and oxygen atoms in total. The van der Waals surface area contributed by atoms with Gasteiger partial charge >= 0.3 is 0 Å². The third-order valence-electron chi connectivity index (χ3n) is 10.5. The monoisotopic (exact) mass is 406 g/mol. The Morgan fingerprint density at radius 3 is 2.31 bits per heavy atom. The number of hydrogen-bond acceptors (Lipinski definition) is 3. The summed E-state index contributed by atoms with van der Waals surface area (Å²) in [6, 6.07) is 0. The van der Waals surface area contributed by atoms with Gasteiger partial charge in [-0.3, -0.25) is 0 Å². The molecule has 3 heteroatoms. The standard InChI is InChI=1S/C26H46O3/c1-4-5-6-7-8-23(28)21-10-9-19-18-16-24(29)22-15-17(27)11-13-26(22,3)20(18)12-14-25(19,21)2/h17-24,27-29H,4-16H2,1-3H3/t17-,18-,19-,20-,21+,22+,23-,24-,25-,26+/m0/s1. The van der Waals surface area contributed by atoms with Gasteiger partial charge in [-0.1, -0.05) is 46.5 Å². The zero-order chi connectivity index (χ0) is 20.8. The van der Waals surface area contributed by atoms with Crippen molar-refractivity contribution in [3.63, 3.8) is 0 Å². The smallest absolute Gasteiger partial charge is 0.0577 e. The molecular weight excluding hydrogens is 360 g/mol. The summed E-state index contributed by atoms with van der Waals surface area (Å²) in [5.74, 6) is 2.69. The van der Waals surface area contributed by atoms with Gasteiger partial charge in [0.15, 0.2) is 0 Å². The maximum absolute atomic E-state index is 11.1. The van der Waals surface area contributed by atoms with E-state index in [1.54, 1.807) is 0 Å². The number of aliphatic hydroxyl groups excluding tert-OH is 3. The van der Waals surface area contributed by atoms with E-state index in [1.807, 2.05) is 0 Å². The molecule has 0 radical (unpaired) electrons. The maximum atomic E-state index is 11.1. The summed E-state index contributed by atoms with van der Waals surface area (Å²) in [4.78, 5) is 0. The molecule has 0 aromatic rings. The highest BCUT2D eigenvalue weighted by Gasteiger charge is 2.62. The van der Waals surface area contributed by atoms with Crippen molar-refractivity contribution in [3.05, 3.63) is 0 Å². The second kappa shape index (κ2) is 8.43. The summed E-state index contributed by atoms with van der Waals surface area (Å²) in [6.45, 7) is 7.15. The zero-order valence-electron chi connectivity index (χ0n) is 19.2. The number of unbranched alkanes of at least 4 members (excludes halogenated alkanes) is 3. The molecule has 0 bridgehead atoms. The van der Waals surface area contributed by atoms with Gasteiger partial charge in [-0.05, 0) is 98.2 Å². The Labute approximate surface area is 178 Å². The fourth-order valence-electron chi connectivity index (χ4n) is 8.93. The van der Waals surface area contributed by atoms with Gasteiger partial charge in [0.05, 0.1) is 18.3 Å². The molecule has 4 aliphatic rings. The van der Waals surface area contributed by atoms with Gasteiger partial charge in [0, 0.05) is 0 Å². The van der Waals surface area contributed by atoms with Crippen molar-refractivity contribution in [1.82, 2.24) is 0 Å². The van der Waals surface area contributed by atoms with E-state index in [1.165, 1.54) is 51.4 Å². The fourth-order valence-corrected chi connectivity index (χ4v) is 8.93. The van der Waals surface area contributed by atoms with Crippen LogP contribution in [0, 0.1) is 40.4 Å². The Balaban J connectivity index is 1.48. The van der Waals surface area contributed by atoms with Crippen LogP contribution in [0.5, 0.6) is 0 Å². The maximum Gasteiger partial charge on any atom is 0.0577 e. The molecule has 4 fully saturated rings. The minimum atomic E-state index is -0.253. The molecular formula is C26H46O3. The first-order valence-electron chi connectivity index (χ1n) is 12.9. The third-order valence-corrected chi connectivity index (χ3v) is 10.5. The van der Waals surface area contributed by atoms with Crippen LogP contribution in [0.3, 0.4) is 0 Å². The average Bonchev–Trinajstić information content (AvgIpc) is 3.04. The third kappa shape index (κ3) is 3.72. The second-order valence-electron chi connectivity index (χ2n) is 11.9. The lowest BCUT2D eigenvalue weighted by atomic mass is 9.44. The summed E-state index contributed by atoms with van der Waals surface area (Å²) in [6.07, 6.45) is 13.9. The van der Waals surface area contributed by atoms with Gasteiger partial charge in [0.2, 0.25) is 0 Å². The highest BCUT2D eigenvalue weighted by atomic mass is 16.3. The van der Waals surface area contributed by atoms with Crippen molar-refractivity contribution >= 4 is 0 Å². The van der Waals surface area contributed by atoms with Crippen LogP contribution in [0.15, 0.2) is 0 Å². The van der Waals surface area contributed by atoms with Crippen molar-refractivity contribution in [2.75, 3.05) is 0 Å². The molecule has 0 saturated heterocycles. The van der Waals surface area contributed by atoms with Crippen molar-refractivity contribution in [3.8, 4) is 0 Å². The van der Waals surface area contributed by atoms with Crippen LogP contribution in [-0.2, 0) is 0 Å². The van der Waals surface area contributed by atoms with E-state index < -0.39 is 0 Å². The molecule has 0 aliphatic heterocycles. The molecule has 4 aliphatic carbocycles. The molecule has 4 rings (SSSR count). The molecule has 0 unspecified atom stereocenters. The molecule has 0 heterocycles. The lowest BCUT2D eigenvalue weighted by Gasteiger charge is -2.62. The molecule has 29 heavy (non-hydrogen) atoms. The summed E-state index contributed by atoms with van der Waals surface area (Å²) < 4.78 is 0. The van der Waals surface area contributed by atoms with Crippen LogP contribution < -0.4 is 0 Å². The van der Waals surface area contributed by atoms with Gasteiger partial charge < -0.3 is 15.3 Å². The predicted molar refractivity (Wildman–Crippen MR) is 117 cm³/mol. The van der Waals surface area contributed by atoms with Crippen LogP contribution in [0.2, 0.25) is 0 Å². The molecule has 168 valence electrons. The van der Waals surface area contributed by atoms with Gasteiger partial charge in [-0.15, -0.1) is 0 Å². The summed E-state index contributed by atoms with van der Waals surface area (Å²) in [5, 5.41) is 32.4. The number of aliphatic hydroxyl groups is 3. The van der Waals surface area contributed by atoms with E-state index in [9.17, 15) is 15.3 Å². The Morgan fingerprint density at radius 2 is 1.55 bits per heavy atom. The zero-order valence-corrected chi connectivity index (χ0v) is 19.2. The van der Waals surface area contributed by atoms with Crippen LogP contribution in [0.1, 0.15) is 104 Å². The Bertz CT molecular complexity index is 564. The number of fused-ring (bicyclic) bond motifs is 5. The first-order chi connectivity index (χ1) is 13.8. The summed E-state index contributed by atoms with van der Waals surface area (Å²) in [5.41, 5.74) is 0.447.